The first-order valence-corrected chi connectivity index (χ1v) is 7.46. The van der Waals surface area contributed by atoms with E-state index in [0.29, 0.717) is 6.07 Å². The monoisotopic (exact) mass is 290 g/mol. The van der Waals surface area contributed by atoms with Gasteiger partial charge in [0.05, 0.1) is 0 Å². The van der Waals surface area contributed by atoms with E-state index in [2.05, 4.69) is 5.32 Å². The third-order valence-electron chi connectivity index (χ3n) is 3.04. The highest BCUT2D eigenvalue weighted by molar-refractivity contribution is 7.89. The van der Waals surface area contributed by atoms with Crippen LogP contribution in [0.25, 0.3) is 0 Å². The molecular formula is C12H16F2N2O2S. The van der Waals surface area contributed by atoms with Gasteiger partial charge in [0.2, 0.25) is 10.0 Å². The van der Waals surface area contributed by atoms with Crippen LogP contribution in [0.2, 0.25) is 0 Å². The molecule has 1 aromatic carbocycles. The number of sulfonamides is 1. The molecule has 1 aliphatic rings. The molecule has 1 saturated heterocycles. The molecule has 2 atom stereocenters. The van der Waals surface area contributed by atoms with Crippen LogP contribution in [0.1, 0.15) is 13.8 Å². The fraction of sp³-hybridized carbons (Fsp3) is 0.500. The number of hydrogen-bond donors (Lipinski definition) is 1. The third-order valence-corrected chi connectivity index (χ3v) is 4.90. The van der Waals surface area contributed by atoms with Gasteiger partial charge in [0, 0.05) is 31.2 Å². The Kier molecular flexibility index (Phi) is 3.89. The quantitative estimate of drug-likeness (QED) is 0.894. The van der Waals surface area contributed by atoms with Crippen molar-refractivity contribution in [1.29, 1.82) is 0 Å². The van der Waals surface area contributed by atoms with Gasteiger partial charge in [-0.05, 0) is 26.0 Å². The summed E-state index contributed by atoms with van der Waals surface area (Å²) in [6, 6.07) is 2.48. The summed E-state index contributed by atoms with van der Waals surface area (Å²) in [4.78, 5) is -0.477. The van der Waals surface area contributed by atoms with Crippen molar-refractivity contribution in [2.75, 3.05) is 13.1 Å². The maximum atomic E-state index is 13.6. The Hall–Kier alpha value is -1.05. The fourth-order valence-corrected chi connectivity index (χ4v) is 3.96. The molecule has 1 fully saturated rings. The van der Waals surface area contributed by atoms with E-state index < -0.39 is 26.6 Å². The van der Waals surface area contributed by atoms with Crippen molar-refractivity contribution in [2.24, 2.45) is 0 Å². The van der Waals surface area contributed by atoms with E-state index in [1.165, 1.54) is 4.31 Å². The van der Waals surface area contributed by atoms with Gasteiger partial charge in [0.15, 0.2) is 0 Å². The van der Waals surface area contributed by atoms with Crippen LogP contribution in [0.4, 0.5) is 8.78 Å². The molecule has 0 bridgehead atoms. The largest absolute Gasteiger partial charge is 0.309 e. The average molecular weight is 290 g/mol. The van der Waals surface area contributed by atoms with Crippen molar-refractivity contribution in [3.8, 4) is 0 Å². The van der Waals surface area contributed by atoms with Gasteiger partial charge in [0.25, 0.3) is 0 Å². The Bertz CT molecular complexity index is 567. The summed E-state index contributed by atoms with van der Waals surface area (Å²) >= 11 is 0. The van der Waals surface area contributed by atoms with Crippen LogP contribution in [-0.4, -0.2) is 37.9 Å². The van der Waals surface area contributed by atoms with Crippen LogP contribution < -0.4 is 5.32 Å². The molecule has 1 aliphatic heterocycles. The van der Waals surface area contributed by atoms with Gasteiger partial charge < -0.3 is 5.32 Å². The zero-order chi connectivity index (χ0) is 14.2. The smallest absolute Gasteiger partial charge is 0.246 e. The topological polar surface area (TPSA) is 49.4 Å². The Morgan fingerprint density at radius 3 is 2.32 bits per heavy atom. The molecule has 19 heavy (non-hydrogen) atoms. The highest BCUT2D eigenvalue weighted by atomic mass is 32.2. The van der Waals surface area contributed by atoms with Crippen molar-refractivity contribution >= 4 is 10.0 Å². The molecule has 0 aromatic heterocycles. The molecule has 1 heterocycles. The molecule has 106 valence electrons. The highest BCUT2D eigenvalue weighted by Gasteiger charge is 2.33. The first-order valence-electron chi connectivity index (χ1n) is 6.02. The van der Waals surface area contributed by atoms with E-state index in [4.69, 9.17) is 0 Å². The van der Waals surface area contributed by atoms with Crippen LogP contribution in [0.5, 0.6) is 0 Å². The Morgan fingerprint density at radius 2 is 1.79 bits per heavy atom. The second-order valence-electron chi connectivity index (χ2n) is 4.87. The lowest BCUT2D eigenvalue weighted by Gasteiger charge is -2.35. The van der Waals surface area contributed by atoms with Gasteiger partial charge >= 0.3 is 0 Å². The Balaban J connectivity index is 2.36. The van der Waals surface area contributed by atoms with Crippen molar-refractivity contribution < 1.29 is 17.2 Å². The fourth-order valence-electron chi connectivity index (χ4n) is 2.30. The second-order valence-corrected chi connectivity index (χ2v) is 6.77. The minimum Gasteiger partial charge on any atom is -0.309 e. The lowest BCUT2D eigenvalue weighted by Crippen LogP contribution is -2.55. The standard InChI is InChI=1S/C12H16F2N2O2S/c1-8-6-16(7-9(2)15-8)19(17,18)12-4-3-10(13)5-11(12)14/h3-5,8-9,15H,6-7H2,1-2H3/t8-,9+. The Morgan fingerprint density at radius 1 is 1.21 bits per heavy atom. The highest BCUT2D eigenvalue weighted by Crippen LogP contribution is 2.22. The summed E-state index contributed by atoms with van der Waals surface area (Å²) in [5, 5.41) is 3.20. The van der Waals surface area contributed by atoms with Crippen molar-refractivity contribution in [1.82, 2.24) is 9.62 Å². The van der Waals surface area contributed by atoms with Crippen LogP contribution in [-0.2, 0) is 10.0 Å². The molecule has 1 aromatic rings. The van der Waals surface area contributed by atoms with Crippen LogP contribution >= 0.6 is 0 Å². The van der Waals surface area contributed by atoms with E-state index in [0.717, 1.165) is 12.1 Å². The predicted octanol–water partition coefficient (Wildman–Crippen LogP) is 1.34. The number of piperazine rings is 1. The first kappa shape index (κ1) is 14.4. The van der Waals surface area contributed by atoms with E-state index in [1.807, 2.05) is 13.8 Å². The predicted molar refractivity (Wildman–Crippen MR) is 67.2 cm³/mol. The maximum absolute atomic E-state index is 13.6. The number of benzene rings is 1. The average Bonchev–Trinajstić information content (AvgIpc) is 2.26. The van der Waals surface area contributed by atoms with Crippen molar-refractivity contribution in [3.05, 3.63) is 29.8 Å². The molecule has 0 radical (unpaired) electrons. The summed E-state index contributed by atoms with van der Waals surface area (Å²) in [5.74, 6) is -1.85. The van der Waals surface area contributed by atoms with Gasteiger partial charge in [-0.3, -0.25) is 0 Å². The summed E-state index contributed by atoms with van der Waals surface area (Å²) in [5.41, 5.74) is 0. The normalized spacial score (nSPS) is 25.5. The lowest BCUT2D eigenvalue weighted by molar-refractivity contribution is 0.262. The number of halogens is 2. The molecule has 1 N–H and O–H groups in total. The van der Waals surface area contributed by atoms with E-state index in [1.54, 1.807) is 0 Å². The summed E-state index contributed by atoms with van der Waals surface area (Å²) in [7, 11) is -3.92. The molecule has 7 heteroatoms. The van der Waals surface area contributed by atoms with Gasteiger partial charge in [-0.2, -0.15) is 4.31 Å². The number of nitrogens with one attached hydrogen (secondary N) is 1. The molecular weight excluding hydrogens is 274 g/mol. The van der Waals surface area contributed by atoms with E-state index >= 15 is 0 Å². The summed E-state index contributed by atoms with van der Waals surface area (Å²) in [6.45, 7) is 4.26. The van der Waals surface area contributed by atoms with Crippen LogP contribution in [0, 0.1) is 11.6 Å². The number of rotatable bonds is 2. The number of hydrogen-bond acceptors (Lipinski definition) is 3. The van der Waals surface area contributed by atoms with E-state index in [-0.39, 0.29) is 25.2 Å². The molecule has 0 amide bonds. The van der Waals surface area contributed by atoms with Gasteiger partial charge in [-0.15, -0.1) is 0 Å². The zero-order valence-electron chi connectivity index (χ0n) is 10.7. The lowest BCUT2D eigenvalue weighted by atomic mass is 10.2. The molecule has 0 saturated carbocycles. The Labute approximate surface area is 111 Å². The SMILES string of the molecule is C[C@@H]1CN(S(=O)(=O)c2ccc(F)cc2F)C[C@H](C)N1. The van der Waals surface area contributed by atoms with Crippen molar-refractivity contribution in [3.63, 3.8) is 0 Å². The molecule has 0 aliphatic carbocycles. The minimum absolute atomic E-state index is 0.0120. The zero-order valence-corrected chi connectivity index (χ0v) is 11.5. The molecule has 4 nitrogen and oxygen atoms in total. The van der Waals surface area contributed by atoms with Gasteiger partial charge in [0.1, 0.15) is 16.5 Å². The maximum Gasteiger partial charge on any atom is 0.246 e. The van der Waals surface area contributed by atoms with Crippen molar-refractivity contribution in [2.45, 2.75) is 30.8 Å². The van der Waals surface area contributed by atoms with Gasteiger partial charge in [-0.1, -0.05) is 0 Å². The van der Waals surface area contributed by atoms with Crippen LogP contribution in [0.3, 0.4) is 0 Å². The molecule has 0 unspecified atom stereocenters. The van der Waals surface area contributed by atoms with Gasteiger partial charge in [-0.25, -0.2) is 17.2 Å². The number of nitrogens with zero attached hydrogens (tertiary/aromatic N) is 1. The first-order chi connectivity index (χ1) is 8.80. The summed E-state index contributed by atoms with van der Waals surface area (Å²) in [6.07, 6.45) is 0. The molecule has 0 spiro atoms. The van der Waals surface area contributed by atoms with Crippen LogP contribution in [0.15, 0.2) is 23.1 Å². The van der Waals surface area contributed by atoms with E-state index in [9.17, 15) is 17.2 Å². The molecule has 2 rings (SSSR count). The minimum atomic E-state index is -3.92. The second kappa shape index (κ2) is 5.15. The summed E-state index contributed by atoms with van der Waals surface area (Å²) < 4.78 is 52.4. The third kappa shape index (κ3) is 2.93.